The fourth-order valence-electron chi connectivity index (χ4n) is 9.15. The quantitative estimate of drug-likeness (QED) is 0.132. The Kier molecular flexibility index (Phi) is 5.84. The Morgan fingerprint density at radius 2 is 0.660 bits per heavy atom. The van der Waals surface area contributed by atoms with E-state index in [-0.39, 0.29) is 0 Å². The average molecular weight is 671 g/mol. The summed E-state index contributed by atoms with van der Waals surface area (Å²) < 4.78 is 6.72. The molecule has 1 heteroatoms. The minimum absolute atomic E-state index is 0.930. The Morgan fingerprint density at radius 3 is 1.30 bits per heavy atom. The fourth-order valence-corrected chi connectivity index (χ4v) is 9.15. The van der Waals surface area contributed by atoms with E-state index in [1.807, 2.05) is 0 Å². The van der Waals surface area contributed by atoms with Gasteiger partial charge in [-0.1, -0.05) is 152 Å². The highest BCUT2D eigenvalue weighted by atomic mass is 16.3. The van der Waals surface area contributed by atoms with E-state index in [9.17, 15) is 0 Å². The molecular formula is C52H30O. The highest BCUT2D eigenvalue weighted by molar-refractivity contribution is 6.33. The topological polar surface area (TPSA) is 13.1 Å². The predicted molar refractivity (Wildman–Crippen MR) is 227 cm³/mol. The zero-order valence-electron chi connectivity index (χ0n) is 28.7. The lowest BCUT2D eigenvalue weighted by molar-refractivity contribution is 0.674. The van der Waals surface area contributed by atoms with Crippen LogP contribution in [0.25, 0.3) is 120 Å². The van der Waals surface area contributed by atoms with Gasteiger partial charge >= 0.3 is 0 Å². The van der Waals surface area contributed by atoms with Crippen molar-refractivity contribution in [3.63, 3.8) is 0 Å². The minimum Gasteiger partial charge on any atom is -0.455 e. The molecule has 11 aromatic carbocycles. The summed E-state index contributed by atoms with van der Waals surface area (Å²) in [5, 5.41) is 20.1. The van der Waals surface area contributed by atoms with Gasteiger partial charge in [-0.15, -0.1) is 0 Å². The number of para-hydroxylation sites is 1. The van der Waals surface area contributed by atoms with E-state index >= 15 is 0 Å². The van der Waals surface area contributed by atoms with Gasteiger partial charge in [-0.25, -0.2) is 0 Å². The van der Waals surface area contributed by atoms with Gasteiger partial charge in [0.15, 0.2) is 0 Å². The molecule has 0 N–H and O–H groups in total. The SMILES string of the molecule is c1cc(-c2ccc3c(c2)c2ccccc2c2cc4c5ccccc5c5ccccc5c4cc32)cc(-c2cccc3c2oc2c4ccccc4ccc32)c1. The van der Waals surface area contributed by atoms with E-state index in [1.165, 1.54) is 81.1 Å². The van der Waals surface area contributed by atoms with Gasteiger partial charge in [0.1, 0.15) is 11.2 Å². The van der Waals surface area contributed by atoms with Crippen molar-refractivity contribution in [3.05, 3.63) is 182 Å². The molecule has 0 unspecified atom stereocenters. The Labute approximate surface area is 304 Å². The van der Waals surface area contributed by atoms with Gasteiger partial charge in [0.2, 0.25) is 0 Å². The summed E-state index contributed by atoms with van der Waals surface area (Å²) in [6.07, 6.45) is 0. The first-order valence-corrected chi connectivity index (χ1v) is 18.3. The zero-order chi connectivity index (χ0) is 34.6. The maximum absolute atomic E-state index is 6.72. The Bertz CT molecular complexity index is 3510. The lowest BCUT2D eigenvalue weighted by Crippen LogP contribution is -1.88. The number of fused-ring (bicyclic) bond motifs is 17. The molecular weight excluding hydrogens is 641 g/mol. The van der Waals surface area contributed by atoms with E-state index in [4.69, 9.17) is 4.42 Å². The molecule has 0 amide bonds. The van der Waals surface area contributed by atoms with Crippen LogP contribution in [0.4, 0.5) is 0 Å². The molecule has 12 rings (SSSR count). The van der Waals surface area contributed by atoms with Crippen LogP contribution in [0, 0.1) is 0 Å². The van der Waals surface area contributed by atoms with Gasteiger partial charge in [-0.3, -0.25) is 0 Å². The first-order valence-electron chi connectivity index (χ1n) is 18.3. The van der Waals surface area contributed by atoms with E-state index in [0.717, 1.165) is 38.5 Å². The smallest absolute Gasteiger partial charge is 0.143 e. The highest BCUT2D eigenvalue weighted by Gasteiger charge is 2.17. The number of rotatable bonds is 2. The van der Waals surface area contributed by atoms with Gasteiger partial charge in [0.25, 0.3) is 0 Å². The molecule has 1 heterocycles. The van der Waals surface area contributed by atoms with Crippen LogP contribution in [-0.2, 0) is 0 Å². The van der Waals surface area contributed by atoms with Crippen LogP contribution < -0.4 is 0 Å². The number of furan rings is 1. The summed E-state index contributed by atoms with van der Waals surface area (Å²) in [5.74, 6) is 0. The normalized spacial score (nSPS) is 12.2. The summed E-state index contributed by atoms with van der Waals surface area (Å²) >= 11 is 0. The first-order chi connectivity index (χ1) is 26.3. The van der Waals surface area contributed by atoms with Crippen LogP contribution in [0.5, 0.6) is 0 Å². The summed E-state index contributed by atoms with van der Waals surface area (Å²) in [7, 11) is 0. The van der Waals surface area contributed by atoms with E-state index in [2.05, 4.69) is 182 Å². The number of benzene rings is 11. The standard InChI is InChI=1S/C52H30O/c1-2-14-35-31(11-1)23-26-45-44-22-10-21-36(52(44)53-51(35)45)34-13-9-12-32(27-34)33-24-25-43-46(28-33)41-19-7-8-20-42(41)49-29-47-39-17-5-3-15-37(39)38-16-4-6-18-40(38)48(47)30-50(43)49/h1-30H. The van der Waals surface area contributed by atoms with Crippen LogP contribution in [0.15, 0.2) is 186 Å². The van der Waals surface area contributed by atoms with Crippen molar-refractivity contribution in [1.82, 2.24) is 0 Å². The van der Waals surface area contributed by atoms with Crippen molar-refractivity contribution in [2.24, 2.45) is 0 Å². The molecule has 0 atom stereocenters. The zero-order valence-corrected chi connectivity index (χ0v) is 28.7. The van der Waals surface area contributed by atoms with E-state index < -0.39 is 0 Å². The molecule has 0 bridgehead atoms. The van der Waals surface area contributed by atoms with Crippen LogP contribution in [0.3, 0.4) is 0 Å². The maximum atomic E-state index is 6.72. The number of hydrogen-bond donors (Lipinski definition) is 0. The van der Waals surface area contributed by atoms with Crippen molar-refractivity contribution < 1.29 is 4.42 Å². The molecule has 0 saturated heterocycles. The van der Waals surface area contributed by atoms with Gasteiger partial charge in [-0.05, 0) is 117 Å². The second-order valence-corrected chi connectivity index (χ2v) is 14.4. The highest BCUT2D eigenvalue weighted by Crippen LogP contribution is 2.44. The molecule has 0 saturated carbocycles. The lowest BCUT2D eigenvalue weighted by atomic mass is 9.87. The summed E-state index contributed by atoms with van der Waals surface area (Å²) in [4.78, 5) is 0. The van der Waals surface area contributed by atoms with Gasteiger partial charge in [0.05, 0.1) is 0 Å². The molecule has 0 aliphatic rings. The monoisotopic (exact) mass is 670 g/mol. The lowest BCUT2D eigenvalue weighted by Gasteiger charge is -2.16. The van der Waals surface area contributed by atoms with Crippen LogP contribution in [-0.4, -0.2) is 0 Å². The summed E-state index contributed by atoms with van der Waals surface area (Å²) in [6.45, 7) is 0. The summed E-state index contributed by atoms with van der Waals surface area (Å²) in [5.41, 5.74) is 6.51. The molecule has 0 spiro atoms. The Balaban J connectivity index is 1.08. The molecule has 0 radical (unpaired) electrons. The van der Waals surface area contributed by atoms with Crippen molar-refractivity contribution in [1.29, 1.82) is 0 Å². The molecule has 244 valence electrons. The van der Waals surface area contributed by atoms with Gasteiger partial charge in [0, 0.05) is 21.7 Å². The fraction of sp³-hybridized carbons (Fsp3) is 0. The predicted octanol–water partition coefficient (Wildman–Crippen LogP) is 15.0. The minimum atomic E-state index is 0.930. The Morgan fingerprint density at radius 1 is 0.226 bits per heavy atom. The first kappa shape index (κ1) is 28.7. The third-order valence-corrected chi connectivity index (χ3v) is 11.6. The average Bonchev–Trinajstić information content (AvgIpc) is 3.63. The van der Waals surface area contributed by atoms with E-state index in [1.54, 1.807) is 0 Å². The molecule has 1 nitrogen and oxygen atoms in total. The van der Waals surface area contributed by atoms with Crippen molar-refractivity contribution >= 4 is 97.3 Å². The molecule has 0 aliphatic carbocycles. The van der Waals surface area contributed by atoms with Gasteiger partial charge in [-0.2, -0.15) is 0 Å². The summed E-state index contributed by atoms with van der Waals surface area (Å²) in [6, 6.07) is 66.8. The largest absolute Gasteiger partial charge is 0.455 e. The second-order valence-electron chi connectivity index (χ2n) is 14.4. The van der Waals surface area contributed by atoms with Crippen molar-refractivity contribution in [2.75, 3.05) is 0 Å². The van der Waals surface area contributed by atoms with Crippen molar-refractivity contribution in [2.45, 2.75) is 0 Å². The molecule has 1 aromatic heterocycles. The maximum Gasteiger partial charge on any atom is 0.143 e. The molecule has 0 fully saturated rings. The molecule has 12 aromatic rings. The van der Waals surface area contributed by atoms with Crippen LogP contribution in [0.2, 0.25) is 0 Å². The van der Waals surface area contributed by atoms with Gasteiger partial charge < -0.3 is 4.42 Å². The van der Waals surface area contributed by atoms with Crippen molar-refractivity contribution in [3.8, 4) is 22.3 Å². The molecule has 0 aliphatic heterocycles. The van der Waals surface area contributed by atoms with E-state index in [0.29, 0.717) is 0 Å². The number of hydrogen-bond acceptors (Lipinski definition) is 1. The third kappa shape index (κ3) is 4.08. The third-order valence-electron chi connectivity index (χ3n) is 11.6. The van der Waals surface area contributed by atoms with Crippen LogP contribution >= 0.6 is 0 Å². The molecule has 53 heavy (non-hydrogen) atoms. The van der Waals surface area contributed by atoms with Crippen LogP contribution in [0.1, 0.15) is 0 Å². The second kappa shape index (κ2) is 10.8. The Hall–Kier alpha value is -6.96.